The predicted molar refractivity (Wildman–Crippen MR) is 93.8 cm³/mol. The van der Waals surface area contributed by atoms with E-state index in [1.54, 1.807) is 12.3 Å². The van der Waals surface area contributed by atoms with Gasteiger partial charge in [-0.1, -0.05) is 12.1 Å². The van der Waals surface area contributed by atoms with Crippen molar-refractivity contribution in [1.29, 1.82) is 0 Å². The lowest BCUT2D eigenvalue weighted by Gasteiger charge is -2.28. The Kier molecular flexibility index (Phi) is 3.47. The molecule has 0 spiro atoms. The summed E-state index contributed by atoms with van der Waals surface area (Å²) in [5, 5.41) is 3.73. The highest BCUT2D eigenvalue weighted by atomic mass is 16.1. The minimum atomic E-state index is -0.365. The molecule has 2 saturated carbocycles. The van der Waals surface area contributed by atoms with Gasteiger partial charge in [0, 0.05) is 23.8 Å². The quantitative estimate of drug-likeness (QED) is 0.787. The average Bonchev–Trinajstić information content (AvgIpc) is 3.08. The van der Waals surface area contributed by atoms with Gasteiger partial charge in [0.15, 0.2) is 0 Å². The first kappa shape index (κ1) is 15.4. The number of rotatable bonds is 4. The van der Waals surface area contributed by atoms with Crippen LogP contribution in [0.15, 0.2) is 41.3 Å². The molecule has 6 nitrogen and oxygen atoms in total. The molecule has 2 aliphatic rings. The highest BCUT2D eigenvalue weighted by molar-refractivity contribution is 5.36. The maximum atomic E-state index is 11.9. The largest absolute Gasteiger partial charge is 0.383 e. The Bertz CT molecular complexity index is 803. The number of nitrogen functional groups attached to an aromatic ring is 1. The molecule has 0 saturated heterocycles. The molecule has 6 heteroatoms. The molecule has 4 rings (SSSR count). The van der Waals surface area contributed by atoms with Gasteiger partial charge in [0.05, 0.1) is 5.69 Å². The van der Waals surface area contributed by atoms with E-state index in [2.05, 4.69) is 10.3 Å². The van der Waals surface area contributed by atoms with Crippen LogP contribution in [0.1, 0.15) is 37.7 Å². The van der Waals surface area contributed by atoms with Crippen LogP contribution in [-0.4, -0.2) is 20.6 Å². The first-order valence-electron chi connectivity index (χ1n) is 8.46. The van der Waals surface area contributed by atoms with Crippen LogP contribution in [0.2, 0.25) is 0 Å². The van der Waals surface area contributed by atoms with Crippen molar-refractivity contribution in [3.8, 4) is 5.69 Å². The van der Waals surface area contributed by atoms with E-state index in [-0.39, 0.29) is 22.6 Å². The summed E-state index contributed by atoms with van der Waals surface area (Å²) in [5.41, 5.74) is 13.8. The molecule has 0 unspecified atom stereocenters. The molecule has 126 valence electrons. The van der Waals surface area contributed by atoms with Crippen LogP contribution in [0.5, 0.6) is 0 Å². The number of hydrogen-bond donors (Lipinski definition) is 3. The fourth-order valence-electron chi connectivity index (χ4n) is 4.17. The SMILES string of the molecule is Nc1ccn(-c2ccc(CNC34CCC(N)(CC3)C4)cc2)c(=O)n1. The highest BCUT2D eigenvalue weighted by Gasteiger charge is 2.51. The van der Waals surface area contributed by atoms with Crippen LogP contribution >= 0.6 is 0 Å². The van der Waals surface area contributed by atoms with Gasteiger partial charge < -0.3 is 16.8 Å². The van der Waals surface area contributed by atoms with Gasteiger partial charge >= 0.3 is 5.69 Å². The Labute approximate surface area is 140 Å². The van der Waals surface area contributed by atoms with Gasteiger partial charge in [-0.25, -0.2) is 4.79 Å². The number of anilines is 1. The monoisotopic (exact) mass is 325 g/mol. The summed E-state index contributed by atoms with van der Waals surface area (Å²) in [7, 11) is 0. The van der Waals surface area contributed by atoms with Crippen LogP contribution in [0, 0.1) is 0 Å². The van der Waals surface area contributed by atoms with Crippen molar-refractivity contribution < 1.29 is 0 Å². The molecule has 2 fully saturated rings. The second-order valence-corrected chi connectivity index (χ2v) is 7.34. The van der Waals surface area contributed by atoms with Crippen molar-refractivity contribution >= 4 is 5.82 Å². The Morgan fingerprint density at radius 1 is 1.12 bits per heavy atom. The summed E-state index contributed by atoms with van der Waals surface area (Å²) < 4.78 is 1.49. The molecule has 0 atom stereocenters. The zero-order chi connectivity index (χ0) is 16.8. The summed E-state index contributed by atoms with van der Waals surface area (Å²) >= 11 is 0. The lowest BCUT2D eigenvalue weighted by molar-refractivity contribution is 0.322. The standard InChI is InChI=1S/C18H23N5O/c19-15-5-10-23(16(24)22-15)14-3-1-13(2-4-14)11-21-18-8-6-17(20,12-18)7-9-18/h1-5,10,21H,6-9,11-12,20H2,(H2,19,22,24). The van der Waals surface area contributed by atoms with E-state index in [9.17, 15) is 4.79 Å². The van der Waals surface area contributed by atoms with Crippen molar-refractivity contribution in [1.82, 2.24) is 14.9 Å². The number of benzene rings is 1. The smallest absolute Gasteiger partial charge is 0.354 e. The number of hydrogen-bond acceptors (Lipinski definition) is 5. The summed E-state index contributed by atoms with van der Waals surface area (Å²) in [6.45, 7) is 0.825. The second kappa shape index (κ2) is 5.43. The van der Waals surface area contributed by atoms with E-state index < -0.39 is 0 Å². The molecule has 0 aliphatic heterocycles. The van der Waals surface area contributed by atoms with Gasteiger partial charge in [-0.15, -0.1) is 0 Å². The third-order valence-corrected chi connectivity index (χ3v) is 5.60. The summed E-state index contributed by atoms with van der Waals surface area (Å²) in [5.74, 6) is 0.237. The minimum Gasteiger partial charge on any atom is -0.383 e. The van der Waals surface area contributed by atoms with Crippen LogP contribution in [0.3, 0.4) is 0 Å². The molecule has 1 aromatic heterocycles. The Morgan fingerprint density at radius 2 is 1.83 bits per heavy atom. The predicted octanol–water partition coefficient (Wildman–Crippen LogP) is 1.32. The maximum absolute atomic E-state index is 11.9. The molecular weight excluding hydrogens is 302 g/mol. The third kappa shape index (κ3) is 2.72. The van der Waals surface area contributed by atoms with Gasteiger partial charge in [-0.3, -0.25) is 4.57 Å². The first-order valence-corrected chi connectivity index (χ1v) is 8.46. The Morgan fingerprint density at radius 3 is 2.42 bits per heavy atom. The number of nitrogens with zero attached hydrogens (tertiary/aromatic N) is 2. The maximum Gasteiger partial charge on any atom is 0.354 e. The van der Waals surface area contributed by atoms with E-state index in [1.165, 1.54) is 23.0 Å². The number of aromatic nitrogens is 2. The molecule has 0 radical (unpaired) electrons. The van der Waals surface area contributed by atoms with Crippen LogP contribution in [0.4, 0.5) is 5.82 Å². The molecular formula is C18H23N5O. The Hall–Kier alpha value is -2.18. The summed E-state index contributed by atoms with van der Waals surface area (Å²) in [6, 6.07) is 9.58. The number of fused-ring (bicyclic) bond motifs is 2. The van der Waals surface area contributed by atoms with E-state index in [1.807, 2.05) is 24.3 Å². The zero-order valence-corrected chi connectivity index (χ0v) is 13.7. The normalized spacial score (nSPS) is 28.4. The molecule has 2 aromatic rings. The first-order chi connectivity index (χ1) is 11.5. The van der Waals surface area contributed by atoms with Gasteiger partial charge in [0.1, 0.15) is 5.82 Å². The molecule has 2 aliphatic carbocycles. The van der Waals surface area contributed by atoms with Crippen molar-refractivity contribution in [3.05, 3.63) is 52.6 Å². The zero-order valence-electron chi connectivity index (χ0n) is 13.7. The van der Waals surface area contributed by atoms with Crippen LogP contribution in [-0.2, 0) is 6.54 Å². The average molecular weight is 325 g/mol. The minimum absolute atomic E-state index is 0.0696. The van der Waals surface area contributed by atoms with E-state index in [0.29, 0.717) is 0 Å². The highest BCUT2D eigenvalue weighted by Crippen LogP contribution is 2.49. The molecule has 2 bridgehead atoms. The number of nitrogens with two attached hydrogens (primary N) is 2. The van der Waals surface area contributed by atoms with Crippen LogP contribution < -0.4 is 22.5 Å². The molecule has 1 heterocycles. The fraction of sp³-hybridized carbons (Fsp3) is 0.444. The third-order valence-electron chi connectivity index (χ3n) is 5.60. The molecule has 5 N–H and O–H groups in total. The fourth-order valence-corrected chi connectivity index (χ4v) is 4.17. The summed E-state index contributed by atoms with van der Waals surface area (Å²) in [6.07, 6.45) is 7.35. The van der Waals surface area contributed by atoms with Gasteiger partial charge in [0.25, 0.3) is 0 Å². The van der Waals surface area contributed by atoms with E-state index >= 15 is 0 Å². The van der Waals surface area contributed by atoms with E-state index in [0.717, 1.165) is 31.5 Å². The van der Waals surface area contributed by atoms with Crippen molar-refractivity contribution in [2.24, 2.45) is 5.73 Å². The van der Waals surface area contributed by atoms with Gasteiger partial charge in [-0.2, -0.15) is 4.98 Å². The van der Waals surface area contributed by atoms with E-state index in [4.69, 9.17) is 11.5 Å². The molecule has 0 amide bonds. The molecule has 1 aromatic carbocycles. The van der Waals surface area contributed by atoms with Crippen molar-refractivity contribution in [2.75, 3.05) is 5.73 Å². The molecule has 24 heavy (non-hydrogen) atoms. The van der Waals surface area contributed by atoms with Gasteiger partial charge in [-0.05, 0) is 55.9 Å². The van der Waals surface area contributed by atoms with Crippen LogP contribution in [0.25, 0.3) is 5.69 Å². The number of nitrogens with one attached hydrogen (secondary N) is 1. The van der Waals surface area contributed by atoms with Gasteiger partial charge in [0.2, 0.25) is 0 Å². The lowest BCUT2D eigenvalue weighted by atomic mass is 9.91. The summed E-state index contributed by atoms with van der Waals surface area (Å²) in [4.78, 5) is 15.6. The lowest BCUT2D eigenvalue weighted by Crippen LogP contribution is -2.40. The topological polar surface area (TPSA) is 99.0 Å². The Balaban J connectivity index is 1.46. The second-order valence-electron chi connectivity index (χ2n) is 7.34. The van der Waals surface area contributed by atoms with Crippen molar-refractivity contribution in [2.45, 2.75) is 49.7 Å². The van der Waals surface area contributed by atoms with Crippen molar-refractivity contribution in [3.63, 3.8) is 0 Å².